The molecule has 0 N–H and O–H groups in total. The molecular weight excluding hydrogens is 232 g/mol. The molecular formula is C17H16N2. The number of fused-ring (bicyclic) bond motifs is 1. The van der Waals surface area contributed by atoms with Gasteiger partial charge < -0.3 is 4.90 Å². The van der Waals surface area contributed by atoms with Crippen LogP contribution in [0.3, 0.4) is 0 Å². The van der Waals surface area contributed by atoms with Gasteiger partial charge in [-0.2, -0.15) is 0 Å². The summed E-state index contributed by atoms with van der Waals surface area (Å²) >= 11 is 0. The molecule has 0 spiro atoms. The molecule has 2 nitrogen and oxygen atoms in total. The van der Waals surface area contributed by atoms with Gasteiger partial charge in [-0.05, 0) is 37.3 Å². The van der Waals surface area contributed by atoms with Gasteiger partial charge >= 0.3 is 0 Å². The third-order valence-electron chi connectivity index (χ3n) is 3.35. The van der Waals surface area contributed by atoms with Crippen LogP contribution in [0.1, 0.15) is 5.56 Å². The molecule has 0 saturated carbocycles. The molecule has 1 heterocycles. The number of benzene rings is 2. The van der Waals surface area contributed by atoms with Gasteiger partial charge in [0.15, 0.2) is 0 Å². The zero-order chi connectivity index (χ0) is 13.2. The van der Waals surface area contributed by atoms with Crippen LogP contribution in [-0.2, 0) is 0 Å². The number of rotatable bonds is 2. The van der Waals surface area contributed by atoms with Crippen molar-refractivity contribution in [3.8, 4) is 0 Å². The predicted molar refractivity (Wildman–Crippen MR) is 81.0 cm³/mol. The van der Waals surface area contributed by atoms with Crippen molar-refractivity contribution in [2.45, 2.75) is 6.92 Å². The zero-order valence-corrected chi connectivity index (χ0v) is 11.2. The third-order valence-corrected chi connectivity index (χ3v) is 3.35. The van der Waals surface area contributed by atoms with E-state index in [1.165, 1.54) is 10.9 Å². The number of pyridine rings is 1. The average Bonchev–Trinajstić information content (AvgIpc) is 2.47. The van der Waals surface area contributed by atoms with E-state index in [1.54, 1.807) is 0 Å². The number of nitrogens with zero attached hydrogens (tertiary/aromatic N) is 2. The van der Waals surface area contributed by atoms with Gasteiger partial charge in [0.05, 0.1) is 5.52 Å². The summed E-state index contributed by atoms with van der Waals surface area (Å²) in [6.45, 7) is 2.10. The first kappa shape index (κ1) is 11.7. The number of hydrogen-bond donors (Lipinski definition) is 0. The zero-order valence-electron chi connectivity index (χ0n) is 11.2. The number of hydrogen-bond acceptors (Lipinski definition) is 2. The smallest absolute Gasteiger partial charge is 0.133 e. The minimum Gasteiger partial charge on any atom is -0.329 e. The largest absolute Gasteiger partial charge is 0.329 e. The second kappa shape index (κ2) is 4.73. The highest BCUT2D eigenvalue weighted by Crippen LogP contribution is 2.24. The lowest BCUT2D eigenvalue weighted by molar-refractivity contribution is 1.15. The molecule has 3 aromatic rings. The summed E-state index contributed by atoms with van der Waals surface area (Å²) in [7, 11) is 2.04. The van der Waals surface area contributed by atoms with Crippen LogP contribution in [0.4, 0.5) is 11.5 Å². The second-order valence-electron chi connectivity index (χ2n) is 4.76. The number of para-hydroxylation sites is 1. The second-order valence-corrected chi connectivity index (χ2v) is 4.76. The summed E-state index contributed by atoms with van der Waals surface area (Å²) in [5.74, 6) is 0.961. The van der Waals surface area contributed by atoms with Gasteiger partial charge in [0.2, 0.25) is 0 Å². The van der Waals surface area contributed by atoms with E-state index < -0.39 is 0 Å². The first-order valence-electron chi connectivity index (χ1n) is 6.40. The molecule has 0 bridgehead atoms. The standard InChI is InChI=1S/C17H16N2/c1-13-7-10-15(11-8-13)19(2)17-12-9-14-5-3-4-6-16(14)18-17/h3-12H,1-2H3. The minimum atomic E-state index is 0.961. The lowest BCUT2D eigenvalue weighted by Gasteiger charge is -2.18. The van der Waals surface area contributed by atoms with Gasteiger partial charge in [0, 0.05) is 18.1 Å². The SMILES string of the molecule is Cc1ccc(N(C)c2ccc3ccccc3n2)cc1. The first-order chi connectivity index (χ1) is 9.24. The van der Waals surface area contributed by atoms with Crippen LogP contribution in [0.15, 0.2) is 60.7 Å². The third kappa shape index (κ3) is 2.29. The molecule has 0 unspecified atom stereocenters. The summed E-state index contributed by atoms with van der Waals surface area (Å²) in [5, 5.41) is 1.17. The van der Waals surface area contributed by atoms with E-state index in [1.807, 2.05) is 25.2 Å². The first-order valence-corrected chi connectivity index (χ1v) is 6.40. The van der Waals surface area contributed by atoms with Crippen LogP contribution in [0.2, 0.25) is 0 Å². The minimum absolute atomic E-state index is 0.961. The van der Waals surface area contributed by atoms with Gasteiger partial charge in [0.1, 0.15) is 5.82 Å². The molecule has 19 heavy (non-hydrogen) atoms. The van der Waals surface area contributed by atoms with Gasteiger partial charge in [-0.3, -0.25) is 0 Å². The highest BCUT2D eigenvalue weighted by molar-refractivity contribution is 5.81. The van der Waals surface area contributed by atoms with Crippen molar-refractivity contribution in [2.24, 2.45) is 0 Å². The lowest BCUT2D eigenvalue weighted by Crippen LogP contribution is -2.10. The maximum absolute atomic E-state index is 4.70. The molecule has 0 amide bonds. The van der Waals surface area contributed by atoms with Gasteiger partial charge in [-0.15, -0.1) is 0 Å². The summed E-state index contributed by atoms with van der Waals surface area (Å²) < 4.78 is 0. The highest BCUT2D eigenvalue weighted by Gasteiger charge is 2.05. The van der Waals surface area contributed by atoms with Crippen molar-refractivity contribution in [1.29, 1.82) is 0 Å². The number of aromatic nitrogens is 1. The molecule has 0 fully saturated rings. The van der Waals surface area contributed by atoms with Gasteiger partial charge in [-0.25, -0.2) is 4.98 Å². The molecule has 0 aliphatic carbocycles. The van der Waals surface area contributed by atoms with Crippen LogP contribution in [0.5, 0.6) is 0 Å². The van der Waals surface area contributed by atoms with E-state index in [2.05, 4.69) is 54.3 Å². The van der Waals surface area contributed by atoms with Gasteiger partial charge in [0.25, 0.3) is 0 Å². The average molecular weight is 248 g/mol. The van der Waals surface area contributed by atoms with Crippen LogP contribution in [0, 0.1) is 6.92 Å². The molecule has 0 radical (unpaired) electrons. The molecule has 2 heteroatoms. The fourth-order valence-electron chi connectivity index (χ4n) is 2.14. The van der Waals surface area contributed by atoms with Crippen LogP contribution < -0.4 is 4.90 Å². The Hall–Kier alpha value is -2.35. The van der Waals surface area contributed by atoms with E-state index in [4.69, 9.17) is 4.98 Å². The number of anilines is 2. The number of aryl methyl sites for hydroxylation is 1. The summed E-state index contributed by atoms with van der Waals surface area (Å²) in [5.41, 5.74) is 3.44. The Labute approximate surface area is 113 Å². The van der Waals surface area contributed by atoms with Crippen molar-refractivity contribution >= 4 is 22.4 Å². The predicted octanol–water partition coefficient (Wildman–Crippen LogP) is 4.31. The van der Waals surface area contributed by atoms with Crippen molar-refractivity contribution in [2.75, 3.05) is 11.9 Å². The fourth-order valence-corrected chi connectivity index (χ4v) is 2.14. The molecule has 3 rings (SSSR count). The summed E-state index contributed by atoms with van der Waals surface area (Å²) in [6, 6.07) is 20.8. The maximum Gasteiger partial charge on any atom is 0.133 e. The Morgan fingerprint density at radius 1 is 0.842 bits per heavy atom. The van der Waals surface area contributed by atoms with Crippen molar-refractivity contribution in [3.05, 3.63) is 66.2 Å². The molecule has 0 atom stereocenters. The van der Waals surface area contributed by atoms with E-state index >= 15 is 0 Å². The Morgan fingerprint density at radius 2 is 1.58 bits per heavy atom. The monoisotopic (exact) mass is 248 g/mol. The Morgan fingerprint density at radius 3 is 2.37 bits per heavy atom. The molecule has 0 saturated heterocycles. The molecule has 1 aromatic heterocycles. The van der Waals surface area contributed by atoms with Crippen LogP contribution in [-0.4, -0.2) is 12.0 Å². The van der Waals surface area contributed by atoms with Crippen molar-refractivity contribution in [1.82, 2.24) is 4.98 Å². The molecule has 0 aliphatic rings. The fraction of sp³-hybridized carbons (Fsp3) is 0.118. The Kier molecular flexibility index (Phi) is 2.92. The topological polar surface area (TPSA) is 16.1 Å². The summed E-state index contributed by atoms with van der Waals surface area (Å²) in [4.78, 5) is 6.80. The van der Waals surface area contributed by atoms with E-state index in [0.29, 0.717) is 0 Å². The normalized spacial score (nSPS) is 10.6. The molecule has 2 aromatic carbocycles. The van der Waals surface area contributed by atoms with E-state index in [9.17, 15) is 0 Å². The van der Waals surface area contributed by atoms with E-state index in [0.717, 1.165) is 17.0 Å². The lowest BCUT2D eigenvalue weighted by atomic mass is 10.2. The Balaban J connectivity index is 2.01. The summed E-state index contributed by atoms with van der Waals surface area (Å²) in [6.07, 6.45) is 0. The maximum atomic E-state index is 4.70. The van der Waals surface area contributed by atoms with Crippen LogP contribution in [0.25, 0.3) is 10.9 Å². The highest BCUT2D eigenvalue weighted by atomic mass is 15.2. The molecule has 94 valence electrons. The van der Waals surface area contributed by atoms with Crippen molar-refractivity contribution in [3.63, 3.8) is 0 Å². The van der Waals surface area contributed by atoms with Crippen molar-refractivity contribution < 1.29 is 0 Å². The molecule has 0 aliphatic heterocycles. The van der Waals surface area contributed by atoms with Crippen LogP contribution >= 0.6 is 0 Å². The Bertz CT molecular complexity index is 702. The quantitative estimate of drug-likeness (QED) is 0.671. The van der Waals surface area contributed by atoms with E-state index in [-0.39, 0.29) is 0 Å². The van der Waals surface area contributed by atoms with Gasteiger partial charge in [-0.1, -0.05) is 35.9 Å².